The number of carbonyl (C=O) groups excluding carboxylic acids is 1. The minimum Gasteiger partial charge on any atom is -0.392 e. The van der Waals surface area contributed by atoms with Crippen LogP contribution in [0.3, 0.4) is 0 Å². The summed E-state index contributed by atoms with van der Waals surface area (Å²) < 4.78 is 11.5. The number of ketones is 1. The topological polar surface area (TPSA) is 55.8 Å². The van der Waals surface area contributed by atoms with Gasteiger partial charge in [0.15, 0.2) is 5.78 Å². The lowest BCUT2D eigenvalue weighted by molar-refractivity contribution is -0.203. The third kappa shape index (κ3) is 2.12. The van der Waals surface area contributed by atoms with Gasteiger partial charge in [-0.25, -0.2) is 0 Å². The van der Waals surface area contributed by atoms with E-state index < -0.39 is 11.7 Å². The standard InChI is InChI=1S/C20H34O4/c1-12-7-9-20-10-8-14(23-5)16(20)19(12,4)15(21)11-18(3,24-6)17(22)13(20)2/h12-16,21H,7-11H2,1-6H3/t12-,13+,14-,15-,16?,18-,19+,20?/m1/s1. The molecule has 2 bridgehead atoms. The Morgan fingerprint density at radius 2 is 1.75 bits per heavy atom. The van der Waals surface area contributed by atoms with Crippen LogP contribution in [0.2, 0.25) is 0 Å². The Hall–Kier alpha value is -0.450. The molecule has 3 aliphatic rings. The number of aliphatic hydroxyl groups excluding tert-OH is 1. The number of rotatable bonds is 2. The van der Waals surface area contributed by atoms with E-state index >= 15 is 0 Å². The molecule has 0 spiro atoms. The van der Waals surface area contributed by atoms with E-state index in [-0.39, 0.29) is 34.6 Å². The first kappa shape index (κ1) is 18.3. The van der Waals surface area contributed by atoms with E-state index in [2.05, 4.69) is 20.8 Å². The predicted molar refractivity (Wildman–Crippen MR) is 92.7 cm³/mol. The highest BCUT2D eigenvalue weighted by Gasteiger charge is 2.67. The third-order valence-corrected chi connectivity index (χ3v) is 8.49. The minimum absolute atomic E-state index is 0.0630. The number of ether oxygens (including phenoxy) is 2. The molecule has 0 heterocycles. The van der Waals surface area contributed by atoms with Crippen molar-refractivity contribution in [1.82, 2.24) is 0 Å². The highest BCUT2D eigenvalue weighted by Crippen LogP contribution is 2.67. The molecule has 4 nitrogen and oxygen atoms in total. The van der Waals surface area contributed by atoms with Crippen molar-refractivity contribution in [3.05, 3.63) is 0 Å². The average molecular weight is 338 g/mol. The van der Waals surface area contributed by atoms with Crippen molar-refractivity contribution in [3.8, 4) is 0 Å². The molecule has 1 N–H and O–H groups in total. The van der Waals surface area contributed by atoms with Gasteiger partial charge >= 0.3 is 0 Å². The summed E-state index contributed by atoms with van der Waals surface area (Å²) >= 11 is 0. The van der Waals surface area contributed by atoms with Crippen LogP contribution in [0.1, 0.15) is 59.8 Å². The normalized spacial score (nSPS) is 55.0. The molecule has 4 heteroatoms. The van der Waals surface area contributed by atoms with Crippen molar-refractivity contribution in [1.29, 1.82) is 0 Å². The average Bonchev–Trinajstić information content (AvgIpc) is 2.96. The van der Waals surface area contributed by atoms with Crippen molar-refractivity contribution in [2.45, 2.75) is 77.6 Å². The van der Waals surface area contributed by atoms with E-state index in [4.69, 9.17) is 9.47 Å². The fourth-order valence-corrected chi connectivity index (χ4v) is 6.59. The van der Waals surface area contributed by atoms with Crippen LogP contribution in [-0.4, -0.2) is 42.9 Å². The van der Waals surface area contributed by atoms with E-state index in [9.17, 15) is 9.90 Å². The van der Waals surface area contributed by atoms with Gasteiger partial charge in [0, 0.05) is 32.0 Å². The van der Waals surface area contributed by atoms with Gasteiger partial charge in [0.25, 0.3) is 0 Å². The monoisotopic (exact) mass is 338 g/mol. The van der Waals surface area contributed by atoms with Crippen LogP contribution in [-0.2, 0) is 14.3 Å². The van der Waals surface area contributed by atoms with Crippen LogP contribution in [0.15, 0.2) is 0 Å². The lowest BCUT2D eigenvalue weighted by Crippen LogP contribution is -2.64. The Balaban J connectivity index is 2.19. The fourth-order valence-electron chi connectivity index (χ4n) is 6.59. The third-order valence-electron chi connectivity index (χ3n) is 8.49. The van der Waals surface area contributed by atoms with Gasteiger partial charge in [-0.1, -0.05) is 20.8 Å². The summed E-state index contributed by atoms with van der Waals surface area (Å²) in [4.78, 5) is 13.3. The van der Waals surface area contributed by atoms with Gasteiger partial charge < -0.3 is 14.6 Å². The zero-order valence-corrected chi connectivity index (χ0v) is 16.1. The van der Waals surface area contributed by atoms with Crippen molar-refractivity contribution in [3.63, 3.8) is 0 Å². The fraction of sp³-hybridized carbons (Fsp3) is 0.950. The Labute approximate surface area is 146 Å². The molecule has 3 saturated carbocycles. The predicted octanol–water partition coefficient (Wildman–Crippen LogP) is 3.21. The van der Waals surface area contributed by atoms with E-state index in [0.29, 0.717) is 12.3 Å². The van der Waals surface area contributed by atoms with Crippen LogP contribution in [0.4, 0.5) is 0 Å². The number of Topliss-reactive ketones (excluding diaryl/α,β-unsaturated/α-hetero) is 1. The lowest BCUT2D eigenvalue weighted by Gasteiger charge is -2.61. The molecular weight excluding hydrogens is 304 g/mol. The summed E-state index contributed by atoms with van der Waals surface area (Å²) in [7, 11) is 3.38. The Morgan fingerprint density at radius 1 is 1.12 bits per heavy atom. The molecule has 2 unspecified atom stereocenters. The van der Waals surface area contributed by atoms with Crippen LogP contribution >= 0.6 is 0 Å². The lowest BCUT2D eigenvalue weighted by atomic mass is 9.45. The molecule has 0 aliphatic heterocycles. The minimum atomic E-state index is -0.902. The summed E-state index contributed by atoms with van der Waals surface area (Å²) in [6.45, 7) is 8.45. The zero-order chi connectivity index (χ0) is 17.9. The Morgan fingerprint density at radius 3 is 2.33 bits per heavy atom. The molecule has 3 fully saturated rings. The van der Waals surface area contributed by atoms with Crippen molar-refractivity contribution in [2.24, 2.45) is 28.6 Å². The molecule has 0 aromatic carbocycles. The molecular formula is C20H34O4. The first-order chi connectivity index (χ1) is 11.2. The molecule has 3 rings (SSSR count). The van der Waals surface area contributed by atoms with Crippen LogP contribution < -0.4 is 0 Å². The molecule has 0 aromatic heterocycles. The number of methoxy groups -OCH3 is 2. The maximum absolute atomic E-state index is 13.3. The van der Waals surface area contributed by atoms with Crippen LogP contribution in [0.5, 0.6) is 0 Å². The molecule has 0 aromatic rings. The van der Waals surface area contributed by atoms with E-state index in [1.165, 1.54) is 0 Å². The molecule has 24 heavy (non-hydrogen) atoms. The Bertz CT molecular complexity index is 520. The highest BCUT2D eigenvalue weighted by molar-refractivity contribution is 5.90. The molecule has 0 saturated heterocycles. The summed E-state index contributed by atoms with van der Waals surface area (Å²) in [6, 6.07) is 0. The second-order valence-electron chi connectivity index (χ2n) is 9.07. The quantitative estimate of drug-likeness (QED) is 0.840. The smallest absolute Gasteiger partial charge is 0.167 e. The first-order valence-corrected chi connectivity index (χ1v) is 9.47. The second-order valence-corrected chi connectivity index (χ2v) is 9.07. The zero-order valence-electron chi connectivity index (χ0n) is 16.1. The van der Waals surface area contributed by atoms with Crippen molar-refractivity contribution in [2.75, 3.05) is 14.2 Å². The van der Waals surface area contributed by atoms with E-state index in [1.54, 1.807) is 14.2 Å². The number of carbonyl (C=O) groups is 1. The maximum atomic E-state index is 13.3. The second kappa shape index (κ2) is 5.78. The van der Waals surface area contributed by atoms with Gasteiger partial charge in [-0.15, -0.1) is 0 Å². The largest absolute Gasteiger partial charge is 0.392 e. The van der Waals surface area contributed by atoms with Crippen molar-refractivity contribution >= 4 is 5.78 Å². The maximum Gasteiger partial charge on any atom is 0.167 e. The van der Waals surface area contributed by atoms with E-state index in [1.807, 2.05) is 6.92 Å². The van der Waals surface area contributed by atoms with Crippen LogP contribution in [0, 0.1) is 28.6 Å². The van der Waals surface area contributed by atoms with Crippen LogP contribution in [0.25, 0.3) is 0 Å². The highest BCUT2D eigenvalue weighted by atomic mass is 16.5. The number of aliphatic hydroxyl groups is 1. The van der Waals surface area contributed by atoms with Gasteiger partial charge in [0.2, 0.25) is 0 Å². The summed E-state index contributed by atoms with van der Waals surface area (Å²) in [5.41, 5.74) is -1.22. The number of hydrogen-bond acceptors (Lipinski definition) is 4. The SMILES string of the molecule is CO[C@@H]1CCC23CC[C@@H](C)[C@](C)(C12)[C@H](O)C[C@@](C)(OC)C(=O)[C@@H]3C. The van der Waals surface area contributed by atoms with E-state index in [0.717, 1.165) is 25.7 Å². The van der Waals surface area contributed by atoms with Gasteiger partial charge in [0.1, 0.15) is 5.60 Å². The van der Waals surface area contributed by atoms with Gasteiger partial charge in [0.05, 0.1) is 12.2 Å². The summed E-state index contributed by atoms with van der Waals surface area (Å²) in [5.74, 6) is 0.728. The summed E-state index contributed by atoms with van der Waals surface area (Å²) in [6.07, 6.45) is 4.06. The number of hydrogen-bond donors (Lipinski definition) is 1. The van der Waals surface area contributed by atoms with Crippen molar-refractivity contribution < 1.29 is 19.4 Å². The first-order valence-electron chi connectivity index (χ1n) is 9.47. The molecule has 0 radical (unpaired) electrons. The molecule has 3 aliphatic carbocycles. The van der Waals surface area contributed by atoms with Gasteiger partial charge in [-0.2, -0.15) is 0 Å². The van der Waals surface area contributed by atoms with Gasteiger partial charge in [-0.05, 0) is 49.9 Å². The molecule has 138 valence electrons. The molecule has 8 atom stereocenters. The van der Waals surface area contributed by atoms with Gasteiger partial charge in [-0.3, -0.25) is 4.79 Å². The summed E-state index contributed by atoms with van der Waals surface area (Å²) in [5, 5.41) is 11.3. The Kier molecular flexibility index (Phi) is 4.42. The molecule has 0 amide bonds.